The second kappa shape index (κ2) is 3.35. The predicted molar refractivity (Wildman–Crippen MR) is 60.3 cm³/mol. The van der Waals surface area contributed by atoms with E-state index in [9.17, 15) is 0 Å². The highest BCUT2D eigenvalue weighted by Crippen LogP contribution is 2.25. The van der Waals surface area contributed by atoms with Gasteiger partial charge in [0, 0.05) is 11.5 Å². The Labute approximate surface area is 91.3 Å². The number of rotatable bonds is 1. The molecule has 4 heteroatoms. The van der Waals surface area contributed by atoms with Gasteiger partial charge < -0.3 is 4.57 Å². The minimum absolute atomic E-state index is 0.420. The summed E-state index contributed by atoms with van der Waals surface area (Å²) in [6.07, 6.45) is 1.79. The minimum atomic E-state index is 0.420. The van der Waals surface area contributed by atoms with Crippen LogP contribution in [0.5, 0.6) is 0 Å². The molecular weight excluding hydrogens is 242 g/mol. The van der Waals surface area contributed by atoms with E-state index in [0.717, 1.165) is 21.3 Å². The van der Waals surface area contributed by atoms with Gasteiger partial charge in [-0.05, 0) is 27.9 Å². The fourth-order valence-electron chi connectivity index (χ4n) is 1.45. The van der Waals surface area contributed by atoms with Gasteiger partial charge in [-0.1, -0.05) is 13.8 Å². The van der Waals surface area contributed by atoms with E-state index in [4.69, 9.17) is 0 Å². The summed E-state index contributed by atoms with van der Waals surface area (Å²) in [4.78, 5) is 8.84. The summed E-state index contributed by atoms with van der Waals surface area (Å²) in [5, 5.41) is 0. The number of nitrogens with zero attached hydrogens (tertiary/aromatic N) is 3. The first kappa shape index (κ1) is 9.65. The van der Waals surface area contributed by atoms with E-state index >= 15 is 0 Å². The van der Waals surface area contributed by atoms with E-state index in [0.29, 0.717) is 5.92 Å². The average molecular weight is 254 g/mol. The van der Waals surface area contributed by atoms with Crippen molar-refractivity contribution in [2.45, 2.75) is 19.8 Å². The van der Waals surface area contributed by atoms with E-state index in [1.54, 1.807) is 6.33 Å². The van der Waals surface area contributed by atoms with Crippen LogP contribution >= 0.6 is 15.9 Å². The first-order valence-corrected chi connectivity index (χ1v) is 5.36. The Morgan fingerprint density at radius 3 is 2.79 bits per heavy atom. The van der Waals surface area contributed by atoms with Crippen LogP contribution in [-0.4, -0.2) is 14.5 Å². The van der Waals surface area contributed by atoms with Gasteiger partial charge in [0.2, 0.25) is 0 Å². The summed E-state index contributed by atoms with van der Waals surface area (Å²) in [7, 11) is 1.96. The van der Waals surface area contributed by atoms with E-state index in [1.807, 2.05) is 17.7 Å². The van der Waals surface area contributed by atoms with Crippen molar-refractivity contribution in [2.75, 3.05) is 0 Å². The number of halogens is 1. The molecule has 0 fully saturated rings. The van der Waals surface area contributed by atoms with Gasteiger partial charge in [-0.25, -0.2) is 9.97 Å². The zero-order valence-electron chi connectivity index (χ0n) is 8.45. The Morgan fingerprint density at radius 2 is 2.14 bits per heavy atom. The lowest BCUT2D eigenvalue weighted by Gasteiger charge is -2.07. The van der Waals surface area contributed by atoms with Gasteiger partial charge in [0.25, 0.3) is 0 Å². The van der Waals surface area contributed by atoms with E-state index in [1.165, 1.54) is 0 Å². The Bertz CT molecular complexity index is 473. The van der Waals surface area contributed by atoms with Crippen LogP contribution in [0.15, 0.2) is 16.9 Å². The molecule has 0 aliphatic heterocycles. The molecule has 0 aliphatic carbocycles. The third-order valence-electron chi connectivity index (χ3n) is 2.21. The molecule has 14 heavy (non-hydrogen) atoms. The molecule has 0 aromatic carbocycles. The topological polar surface area (TPSA) is 30.7 Å². The summed E-state index contributed by atoms with van der Waals surface area (Å²) < 4.78 is 2.98. The fraction of sp³-hybridized carbons (Fsp3) is 0.400. The summed E-state index contributed by atoms with van der Waals surface area (Å²) in [5.74, 6) is 0.420. The number of aryl methyl sites for hydroxylation is 1. The van der Waals surface area contributed by atoms with E-state index in [2.05, 4.69) is 39.7 Å². The molecule has 2 aromatic heterocycles. The third-order valence-corrected chi connectivity index (χ3v) is 2.85. The Morgan fingerprint density at radius 1 is 1.43 bits per heavy atom. The molecule has 0 spiro atoms. The van der Waals surface area contributed by atoms with Crippen LogP contribution in [0.4, 0.5) is 0 Å². The molecule has 74 valence electrons. The van der Waals surface area contributed by atoms with Gasteiger partial charge in [0.05, 0.1) is 12.0 Å². The molecule has 0 amide bonds. The first-order chi connectivity index (χ1) is 6.59. The molecule has 0 radical (unpaired) electrons. The molecule has 3 nitrogen and oxygen atoms in total. The zero-order valence-corrected chi connectivity index (χ0v) is 10.0. The van der Waals surface area contributed by atoms with Crippen molar-refractivity contribution < 1.29 is 0 Å². The van der Waals surface area contributed by atoms with Gasteiger partial charge in [0.15, 0.2) is 5.65 Å². The van der Waals surface area contributed by atoms with Crippen molar-refractivity contribution in [3.63, 3.8) is 0 Å². The maximum Gasteiger partial charge on any atom is 0.159 e. The van der Waals surface area contributed by atoms with Crippen LogP contribution in [0.3, 0.4) is 0 Å². The molecule has 0 aliphatic rings. The molecule has 0 unspecified atom stereocenters. The van der Waals surface area contributed by atoms with Crippen molar-refractivity contribution in [1.29, 1.82) is 0 Å². The van der Waals surface area contributed by atoms with Crippen LogP contribution in [0.2, 0.25) is 0 Å². The molecule has 0 atom stereocenters. The van der Waals surface area contributed by atoms with Crippen LogP contribution in [0.25, 0.3) is 11.2 Å². The molecule has 0 saturated carbocycles. The van der Waals surface area contributed by atoms with Crippen molar-refractivity contribution in [3.8, 4) is 0 Å². The maximum absolute atomic E-state index is 4.59. The lowest BCUT2D eigenvalue weighted by atomic mass is 10.1. The van der Waals surface area contributed by atoms with Crippen LogP contribution in [0.1, 0.15) is 25.5 Å². The lowest BCUT2D eigenvalue weighted by molar-refractivity contribution is 0.813. The standard InChI is InChI=1S/C10H12BrN3/c1-6(2)9-7(11)4-8-10(13-9)14(3)5-12-8/h4-6H,1-3H3. The van der Waals surface area contributed by atoms with Gasteiger partial charge in [-0.3, -0.25) is 0 Å². The van der Waals surface area contributed by atoms with Crippen molar-refractivity contribution >= 4 is 27.1 Å². The van der Waals surface area contributed by atoms with Crippen LogP contribution in [0, 0.1) is 0 Å². The molecule has 2 aromatic rings. The van der Waals surface area contributed by atoms with E-state index in [-0.39, 0.29) is 0 Å². The monoisotopic (exact) mass is 253 g/mol. The average Bonchev–Trinajstić information content (AvgIpc) is 2.46. The smallest absolute Gasteiger partial charge is 0.159 e. The van der Waals surface area contributed by atoms with Crippen molar-refractivity contribution in [2.24, 2.45) is 7.05 Å². The molecule has 2 heterocycles. The molecular formula is C10H12BrN3. The quantitative estimate of drug-likeness (QED) is 0.783. The second-order valence-electron chi connectivity index (χ2n) is 3.71. The number of hydrogen-bond donors (Lipinski definition) is 0. The predicted octanol–water partition coefficient (Wildman–Crippen LogP) is 2.85. The number of hydrogen-bond acceptors (Lipinski definition) is 2. The Kier molecular flexibility index (Phi) is 2.31. The highest BCUT2D eigenvalue weighted by molar-refractivity contribution is 9.10. The highest BCUT2D eigenvalue weighted by Gasteiger charge is 2.10. The van der Waals surface area contributed by atoms with Gasteiger partial charge >= 0.3 is 0 Å². The zero-order chi connectivity index (χ0) is 10.3. The molecule has 0 saturated heterocycles. The summed E-state index contributed by atoms with van der Waals surface area (Å²) in [5.41, 5.74) is 2.96. The number of aromatic nitrogens is 3. The SMILES string of the molecule is CC(C)c1nc2c(cc1Br)ncn2C. The van der Waals surface area contributed by atoms with Crippen LogP contribution in [-0.2, 0) is 7.05 Å². The van der Waals surface area contributed by atoms with Gasteiger partial charge in [0.1, 0.15) is 5.52 Å². The summed E-state index contributed by atoms with van der Waals surface area (Å²) in [6, 6.07) is 2.03. The third kappa shape index (κ3) is 1.43. The van der Waals surface area contributed by atoms with Crippen molar-refractivity contribution in [3.05, 3.63) is 22.6 Å². The van der Waals surface area contributed by atoms with Gasteiger partial charge in [-0.15, -0.1) is 0 Å². The highest BCUT2D eigenvalue weighted by atomic mass is 79.9. The first-order valence-electron chi connectivity index (χ1n) is 4.57. The summed E-state index contributed by atoms with van der Waals surface area (Å²) >= 11 is 3.52. The number of imidazole rings is 1. The Hall–Kier alpha value is -0.900. The fourth-order valence-corrected chi connectivity index (χ4v) is 2.21. The minimum Gasteiger partial charge on any atom is -0.318 e. The molecule has 0 N–H and O–H groups in total. The van der Waals surface area contributed by atoms with Crippen LogP contribution < -0.4 is 0 Å². The summed E-state index contributed by atoms with van der Waals surface area (Å²) in [6.45, 7) is 4.27. The maximum atomic E-state index is 4.59. The number of fused-ring (bicyclic) bond motifs is 1. The Balaban J connectivity index is 2.74. The van der Waals surface area contributed by atoms with Gasteiger partial charge in [-0.2, -0.15) is 0 Å². The van der Waals surface area contributed by atoms with Crippen molar-refractivity contribution in [1.82, 2.24) is 14.5 Å². The van der Waals surface area contributed by atoms with E-state index < -0.39 is 0 Å². The largest absolute Gasteiger partial charge is 0.318 e. The normalized spacial score (nSPS) is 11.5. The second-order valence-corrected chi connectivity index (χ2v) is 4.56. The molecule has 0 bridgehead atoms. The molecule has 2 rings (SSSR count). The lowest BCUT2D eigenvalue weighted by Crippen LogP contribution is -1.97. The number of pyridine rings is 1.